The Bertz CT molecular complexity index is 852. The van der Waals surface area contributed by atoms with Crippen molar-refractivity contribution in [2.24, 2.45) is 5.73 Å². The third kappa shape index (κ3) is 6.45. The predicted octanol–water partition coefficient (Wildman–Crippen LogP) is 1.34. The van der Waals surface area contributed by atoms with Crippen LogP contribution in [0.2, 0.25) is 0 Å². The van der Waals surface area contributed by atoms with Crippen molar-refractivity contribution >= 4 is 23.8 Å². The highest BCUT2D eigenvalue weighted by Crippen LogP contribution is 2.21. The number of amides is 4. The molecule has 0 saturated carbocycles. The Labute approximate surface area is 160 Å². The maximum Gasteiger partial charge on any atom is 0.326 e. The summed E-state index contributed by atoms with van der Waals surface area (Å²) in [5, 5.41) is 4.16. The molecule has 0 fully saturated rings. The van der Waals surface area contributed by atoms with Crippen LogP contribution in [0.1, 0.15) is 17.3 Å². The van der Waals surface area contributed by atoms with Gasteiger partial charge in [-0.2, -0.15) is 0 Å². The van der Waals surface area contributed by atoms with Gasteiger partial charge in [0.25, 0.3) is 11.8 Å². The van der Waals surface area contributed by atoms with Crippen LogP contribution >= 0.6 is 0 Å². The summed E-state index contributed by atoms with van der Waals surface area (Å²) in [4.78, 5) is 45.8. The maximum atomic E-state index is 12.1. The summed E-state index contributed by atoms with van der Waals surface area (Å²) in [7, 11) is 0. The number of ether oxygens (including phenoxy) is 2. The Kier molecular flexibility index (Phi) is 7.09. The van der Waals surface area contributed by atoms with E-state index in [1.165, 1.54) is 6.92 Å². The number of hydrogen-bond donors (Lipinski definition) is 3. The molecule has 0 heterocycles. The van der Waals surface area contributed by atoms with Gasteiger partial charge < -0.3 is 20.5 Å². The lowest BCUT2D eigenvalue weighted by Gasteiger charge is -2.12. The molecule has 0 aliphatic heterocycles. The zero-order valence-corrected chi connectivity index (χ0v) is 15.0. The van der Waals surface area contributed by atoms with Crippen molar-refractivity contribution in [1.82, 2.24) is 10.6 Å². The molecule has 0 unspecified atom stereocenters. The van der Waals surface area contributed by atoms with Crippen LogP contribution < -0.4 is 21.1 Å². The standard InChI is InChI=1S/C19H19N3O6/c1-12(17(24)22-19(20)26)27-16(23)11-21-18(25)13-7-9-15(10-8-13)28-14-5-3-2-4-6-14/h2-10,12H,11H2,1H3,(H,21,25)(H3,20,22,24,26)/t12-/m0/s1. The number of nitrogens with one attached hydrogen (secondary N) is 2. The van der Waals surface area contributed by atoms with Gasteiger partial charge in [-0.15, -0.1) is 0 Å². The number of urea groups is 1. The van der Waals surface area contributed by atoms with Crippen molar-refractivity contribution in [3.63, 3.8) is 0 Å². The largest absolute Gasteiger partial charge is 0.457 e. The number of para-hydroxylation sites is 1. The van der Waals surface area contributed by atoms with Gasteiger partial charge in [0.15, 0.2) is 6.10 Å². The number of hydrogen-bond acceptors (Lipinski definition) is 6. The highest BCUT2D eigenvalue weighted by atomic mass is 16.5. The second-order valence-electron chi connectivity index (χ2n) is 5.61. The number of rotatable bonds is 7. The van der Waals surface area contributed by atoms with Gasteiger partial charge in [0.05, 0.1) is 0 Å². The van der Waals surface area contributed by atoms with Crippen molar-refractivity contribution < 1.29 is 28.7 Å². The van der Waals surface area contributed by atoms with Crippen molar-refractivity contribution in [2.45, 2.75) is 13.0 Å². The van der Waals surface area contributed by atoms with Crippen LogP contribution in [-0.2, 0) is 14.3 Å². The number of carbonyl (C=O) groups excluding carboxylic acids is 4. The van der Waals surface area contributed by atoms with E-state index < -0.39 is 36.5 Å². The highest BCUT2D eigenvalue weighted by Gasteiger charge is 2.19. The number of carbonyl (C=O) groups is 4. The molecule has 1 atom stereocenters. The molecule has 2 rings (SSSR count). The molecule has 4 N–H and O–H groups in total. The van der Waals surface area contributed by atoms with Crippen molar-refractivity contribution in [3.05, 3.63) is 60.2 Å². The van der Waals surface area contributed by atoms with Gasteiger partial charge in [-0.05, 0) is 43.3 Å². The summed E-state index contributed by atoms with van der Waals surface area (Å²) in [6.45, 7) is 0.818. The van der Waals surface area contributed by atoms with Gasteiger partial charge in [0.2, 0.25) is 0 Å². The Morgan fingerprint density at radius 3 is 2.18 bits per heavy atom. The molecule has 2 aromatic rings. The monoisotopic (exact) mass is 385 g/mol. The Hall–Kier alpha value is -3.88. The minimum absolute atomic E-state index is 0.313. The molecule has 2 aromatic carbocycles. The molecule has 0 spiro atoms. The first-order valence-corrected chi connectivity index (χ1v) is 8.26. The summed E-state index contributed by atoms with van der Waals surface area (Å²) in [6, 6.07) is 14.4. The molecule has 0 aliphatic carbocycles. The molecule has 0 radical (unpaired) electrons. The fourth-order valence-corrected chi connectivity index (χ4v) is 2.07. The molecule has 4 amide bonds. The van der Waals surface area contributed by atoms with Crippen LogP contribution in [0, 0.1) is 0 Å². The summed E-state index contributed by atoms with van der Waals surface area (Å²) in [5.74, 6) is -0.989. The third-order valence-electron chi connectivity index (χ3n) is 3.41. The van der Waals surface area contributed by atoms with Gasteiger partial charge in [0, 0.05) is 5.56 Å². The molecule has 0 aliphatic rings. The van der Waals surface area contributed by atoms with Crippen LogP contribution in [0.3, 0.4) is 0 Å². The quantitative estimate of drug-likeness (QED) is 0.615. The fourth-order valence-electron chi connectivity index (χ4n) is 2.07. The van der Waals surface area contributed by atoms with Crippen molar-refractivity contribution in [2.75, 3.05) is 6.54 Å². The van der Waals surface area contributed by atoms with Gasteiger partial charge >= 0.3 is 12.0 Å². The van der Waals surface area contributed by atoms with Gasteiger partial charge in [0.1, 0.15) is 18.0 Å². The van der Waals surface area contributed by atoms with Crippen LogP contribution in [0.4, 0.5) is 4.79 Å². The normalized spacial score (nSPS) is 11.0. The molecule has 0 aromatic heterocycles. The number of benzene rings is 2. The van der Waals surface area contributed by atoms with E-state index in [0.717, 1.165) is 0 Å². The third-order valence-corrected chi connectivity index (χ3v) is 3.41. The molecule has 9 nitrogen and oxygen atoms in total. The predicted molar refractivity (Wildman–Crippen MR) is 98.6 cm³/mol. The topological polar surface area (TPSA) is 137 Å². The van der Waals surface area contributed by atoms with E-state index in [4.69, 9.17) is 15.2 Å². The zero-order valence-electron chi connectivity index (χ0n) is 15.0. The summed E-state index contributed by atoms with van der Waals surface area (Å²) >= 11 is 0. The molecule has 146 valence electrons. The first-order chi connectivity index (χ1) is 13.3. The molecule has 28 heavy (non-hydrogen) atoms. The average Bonchev–Trinajstić information content (AvgIpc) is 2.67. The second kappa shape index (κ2) is 9.72. The van der Waals surface area contributed by atoms with E-state index in [2.05, 4.69) is 5.32 Å². The summed E-state index contributed by atoms with van der Waals surface area (Å²) in [6.07, 6.45) is -1.23. The number of imide groups is 1. The minimum atomic E-state index is -1.23. The van der Waals surface area contributed by atoms with Crippen LogP contribution in [0.25, 0.3) is 0 Å². The lowest BCUT2D eigenvalue weighted by atomic mass is 10.2. The van der Waals surface area contributed by atoms with E-state index >= 15 is 0 Å². The Morgan fingerprint density at radius 2 is 1.57 bits per heavy atom. The smallest absolute Gasteiger partial charge is 0.326 e. The van der Waals surface area contributed by atoms with Crippen molar-refractivity contribution in [1.29, 1.82) is 0 Å². The van der Waals surface area contributed by atoms with Crippen LogP contribution in [0.15, 0.2) is 54.6 Å². The highest BCUT2D eigenvalue weighted by molar-refractivity contribution is 5.97. The SMILES string of the molecule is C[C@H](OC(=O)CNC(=O)c1ccc(Oc2ccccc2)cc1)C(=O)NC(N)=O. The van der Waals surface area contributed by atoms with Crippen LogP contribution in [0.5, 0.6) is 11.5 Å². The number of primary amides is 1. The first kappa shape index (κ1) is 20.4. The number of nitrogens with two attached hydrogens (primary N) is 1. The minimum Gasteiger partial charge on any atom is -0.457 e. The van der Waals surface area contributed by atoms with E-state index in [-0.39, 0.29) is 0 Å². The second-order valence-corrected chi connectivity index (χ2v) is 5.61. The van der Waals surface area contributed by atoms with Gasteiger partial charge in [-0.25, -0.2) is 4.79 Å². The Morgan fingerprint density at radius 1 is 0.964 bits per heavy atom. The number of esters is 1. The molecule has 9 heteroatoms. The van der Waals surface area contributed by atoms with E-state index in [1.807, 2.05) is 18.2 Å². The Balaban J connectivity index is 1.81. The molecule has 0 bridgehead atoms. The lowest BCUT2D eigenvalue weighted by molar-refractivity contribution is -0.153. The lowest BCUT2D eigenvalue weighted by Crippen LogP contribution is -2.43. The fraction of sp³-hybridized carbons (Fsp3) is 0.158. The van der Waals surface area contributed by atoms with Gasteiger partial charge in [-0.3, -0.25) is 19.7 Å². The molecular formula is C19H19N3O6. The van der Waals surface area contributed by atoms with Gasteiger partial charge in [-0.1, -0.05) is 18.2 Å². The van der Waals surface area contributed by atoms with E-state index in [9.17, 15) is 19.2 Å². The zero-order chi connectivity index (χ0) is 20.5. The maximum absolute atomic E-state index is 12.1. The van der Waals surface area contributed by atoms with Crippen LogP contribution in [-0.4, -0.2) is 36.5 Å². The first-order valence-electron chi connectivity index (χ1n) is 8.26. The summed E-state index contributed by atoms with van der Waals surface area (Å²) < 4.78 is 10.4. The average molecular weight is 385 g/mol. The van der Waals surface area contributed by atoms with E-state index in [0.29, 0.717) is 17.1 Å². The van der Waals surface area contributed by atoms with E-state index in [1.54, 1.807) is 41.7 Å². The molecular weight excluding hydrogens is 366 g/mol. The molecule has 0 saturated heterocycles. The summed E-state index contributed by atoms with van der Waals surface area (Å²) in [5.41, 5.74) is 5.11. The van der Waals surface area contributed by atoms with Crippen molar-refractivity contribution in [3.8, 4) is 11.5 Å².